The van der Waals surface area contributed by atoms with Gasteiger partial charge in [0.05, 0.1) is 0 Å². The Labute approximate surface area is 105 Å². The molecule has 0 amide bonds. The van der Waals surface area contributed by atoms with Gasteiger partial charge in [-0.2, -0.15) is 0 Å². The molecule has 1 aromatic rings. The highest BCUT2D eigenvalue weighted by molar-refractivity contribution is 5.49. The summed E-state index contributed by atoms with van der Waals surface area (Å²) in [4.78, 5) is 6.95. The van der Waals surface area contributed by atoms with Crippen LogP contribution < -0.4 is 10.2 Å². The molecule has 0 bridgehead atoms. The average molecular weight is 235 g/mol. The first-order valence-electron chi connectivity index (χ1n) is 6.54. The van der Waals surface area contributed by atoms with E-state index in [2.05, 4.69) is 49.0 Å². The van der Waals surface area contributed by atoms with Crippen molar-refractivity contribution < 1.29 is 0 Å². The van der Waals surface area contributed by atoms with Crippen LogP contribution in [0.5, 0.6) is 0 Å². The molecule has 0 spiro atoms. The fourth-order valence-corrected chi connectivity index (χ4v) is 2.03. The highest BCUT2D eigenvalue weighted by atomic mass is 15.2. The lowest BCUT2D eigenvalue weighted by atomic mass is 10.1. The third kappa shape index (κ3) is 3.19. The standard InChI is InChI=1S/C14H25N3/c1-6-11(3)17(7-2)14-13(12(4)15-5)9-8-10-16-14/h8-12,15H,6-7H2,1-5H3. The third-order valence-electron chi connectivity index (χ3n) is 3.45. The first kappa shape index (κ1) is 14.0. The molecular formula is C14H25N3. The van der Waals surface area contributed by atoms with Crippen molar-refractivity contribution in [1.29, 1.82) is 0 Å². The quantitative estimate of drug-likeness (QED) is 0.821. The van der Waals surface area contributed by atoms with Gasteiger partial charge in [0.2, 0.25) is 0 Å². The van der Waals surface area contributed by atoms with E-state index in [4.69, 9.17) is 0 Å². The van der Waals surface area contributed by atoms with Crippen LogP contribution in [0.4, 0.5) is 5.82 Å². The van der Waals surface area contributed by atoms with Gasteiger partial charge in [0.25, 0.3) is 0 Å². The second-order valence-electron chi connectivity index (χ2n) is 4.47. The van der Waals surface area contributed by atoms with Crippen LogP contribution in [0.3, 0.4) is 0 Å². The number of nitrogens with zero attached hydrogens (tertiary/aromatic N) is 2. The van der Waals surface area contributed by atoms with Gasteiger partial charge in [-0.1, -0.05) is 13.0 Å². The number of hydrogen-bond acceptors (Lipinski definition) is 3. The summed E-state index contributed by atoms with van der Waals surface area (Å²) in [6.07, 6.45) is 3.02. The van der Waals surface area contributed by atoms with Crippen molar-refractivity contribution in [3.05, 3.63) is 23.9 Å². The molecule has 1 aromatic heterocycles. The van der Waals surface area contributed by atoms with Crippen molar-refractivity contribution in [2.75, 3.05) is 18.5 Å². The molecule has 1 N–H and O–H groups in total. The summed E-state index contributed by atoms with van der Waals surface area (Å²) in [6, 6.07) is 5.03. The molecule has 0 aromatic carbocycles. The van der Waals surface area contributed by atoms with E-state index in [0.29, 0.717) is 12.1 Å². The Balaban J connectivity index is 3.10. The number of rotatable bonds is 6. The molecule has 2 unspecified atom stereocenters. The zero-order valence-electron chi connectivity index (χ0n) is 11.7. The third-order valence-corrected chi connectivity index (χ3v) is 3.45. The van der Waals surface area contributed by atoms with Gasteiger partial charge in [-0.25, -0.2) is 4.98 Å². The van der Waals surface area contributed by atoms with Gasteiger partial charge in [-0.05, 0) is 40.3 Å². The van der Waals surface area contributed by atoms with Gasteiger partial charge < -0.3 is 10.2 Å². The van der Waals surface area contributed by atoms with Crippen LogP contribution in [0.15, 0.2) is 18.3 Å². The summed E-state index contributed by atoms with van der Waals surface area (Å²) in [5, 5.41) is 3.29. The van der Waals surface area contributed by atoms with Gasteiger partial charge in [0.1, 0.15) is 5.82 Å². The summed E-state index contributed by atoms with van der Waals surface area (Å²) < 4.78 is 0. The molecule has 3 heteroatoms. The maximum Gasteiger partial charge on any atom is 0.133 e. The van der Waals surface area contributed by atoms with Gasteiger partial charge in [0, 0.05) is 30.4 Å². The smallest absolute Gasteiger partial charge is 0.133 e. The van der Waals surface area contributed by atoms with Crippen molar-refractivity contribution in [1.82, 2.24) is 10.3 Å². The van der Waals surface area contributed by atoms with E-state index in [1.807, 2.05) is 19.3 Å². The highest BCUT2D eigenvalue weighted by Crippen LogP contribution is 2.25. The Morgan fingerprint density at radius 1 is 1.35 bits per heavy atom. The summed E-state index contributed by atoms with van der Waals surface area (Å²) in [5.74, 6) is 1.12. The van der Waals surface area contributed by atoms with E-state index >= 15 is 0 Å². The van der Waals surface area contributed by atoms with E-state index < -0.39 is 0 Å². The Bertz CT molecular complexity index is 338. The Morgan fingerprint density at radius 2 is 2.06 bits per heavy atom. The zero-order valence-corrected chi connectivity index (χ0v) is 11.7. The highest BCUT2D eigenvalue weighted by Gasteiger charge is 2.18. The molecule has 0 aliphatic rings. The summed E-state index contributed by atoms with van der Waals surface area (Å²) in [5.41, 5.74) is 1.28. The molecule has 0 saturated heterocycles. The normalized spacial score (nSPS) is 14.4. The Hall–Kier alpha value is -1.09. The number of anilines is 1. The molecule has 1 rings (SSSR count). The minimum Gasteiger partial charge on any atom is -0.354 e. The zero-order chi connectivity index (χ0) is 12.8. The molecule has 0 aliphatic carbocycles. The second-order valence-corrected chi connectivity index (χ2v) is 4.47. The van der Waals surface area contributed by atoms with Crippen LogP contribution >= 0.6 is 0 Å². The van der Waals surface area contributed by atoms with Gasteiger partial charge in [-0.3, -0.25) is 0 Å². The first-order valence-corrected chi connectivity index (χ1v) is 6.54. The molecular weight excluding hydrogens is 210 g/mol. The van der Waals surface area contributed by atoms with E-state index in [9.17, 15) is 0 Å². The summed E-state index contributed by atoms with van der Waals surface area (Å²) in [6.45, 7) is 9.83. The van der Waals surface area contributed by atoms with Crippen LogP contribution in [0, 0.1) is 0 Å². The Morgan fingerprint density at radius 3 is 2.59 bits per heavy atom. The van der Waals surface area contributed by atoms with E-state index in [0.717, 1.165) is 18.8 Å². The van der Waals surface area contributed by atoms with E-state index in [-0.39, 0.29) is 0 Å². The number of nitrogens with one attached hydrogen (secondary N) is 1. The number of aromatic nitrogens is 1. The number of hydrogen-bond donors (Lipinski definition) is 1. The molecule has 17 heavy (non-hydrogen) atoms. The fraction of sp³-hybridized carbons (Fsp3) is 0.643. The van der Waals surface area contributed by atoms with Gasteiger partial charge >= 0.3 is 0 Å². The summed E-state index contributed by atoms with van der Waals surface area (Å²) in [7, 11) is 1.99. The summed E-state index contributed by atoms with van der Waals surface area (Å²) >= 11 is 0. The van der Waals surface area contributed by atoms with Crippen LogP contribution in [0.2, 0.25) is 0 Å². The van der Waals surface area contributed by atoms with E-state index in [1.165, 1.54) is 5.56 Å². The van der Waals surface area contributed by atoms with Crippen LogP contribution in [-0.4, -0.2) is 24.6 Å². The van der Waals surface area contributed by atoms with E-state index in [1.54, 1.807) is 0 Å². The lowest BCUT2D eigenvalue weighted by Gasteiger charge is -2.31. The van der Waals surface area contributed by atoms with Crippen molar-refractivity contribution in [2.24, 2.45) is 0 Å². The van der Waals surface area contributed by atoms with Crippen molar-refractivity contribution in [3.63, 3.8) is 0 Å². The van der Waals surface area contributed by atoms with Crippen molar-refractivity contribution in [2.45, 2.75) is 46.2 Å². The minimum absolute atomic E-state index is 0.330. The molecule has 96 valence electrons. The lowest BCUT2D eigenvalue weighted by Crippen LogP contribution is -2.34. The van der Waals surface area contributed by atoms with Crippen LogP contribution in [-0.2, 0) is 0 Å². The fourth-order valence-electron chi connectivity index (χ4n) is 2.03. The van der Waals surface area contributed by atoms with Crippen molar-refractivity contribution in [3.8, 4) is 0 Å². The largest absolute Gasteiger partial charge is 0.354 e. The molecule has 0 saturated carbocycles. The Kier molecular flexibility index (Phi) is 5.42. The predicted octanol–water partition coefficient (Wildman–Crippen LogP) is 2.99. The van der Waals surface area contributed by atoms with Crippen LogP contribution in [0.25, 0.3) is 0 Å². The lowest BCUT2D eigenvalue weighted by molar-refractivity contribution is 0.601. The van der Waals surface area contributed by atoms with Gasteiger partial charge in [0.15, 0.2) is 0 Å². The molecule has 1 heterocycles. The topological polar surface area (TPSA) is 28.2 Å². The molecule has 3 nitrogen and oxygen atoms in total. The SMILES string of the molecule is CCC(C)N(CC)c1ncccc1C(C)NC. The molecule has 2 atom stereocenters. The maximum atomic E-state index is 4.57. The van der Waals surface area contributed by atoms with Crippen molar-refractivity contribution >= 4 is 5.82 Å². The predicted molar refractivity (Wildman–Crippen MR) is 74.5 cm³/mol. The second kappa shape index (κ2) is 6.60. The minimum atomic E-state index is 0.330. The average Bonchev–Trinajstić information content (AvgIpc) is 2.39. The monoisotopic (exact) mass is 235 g/mol. The maximum absolute atomic E-state index is 4.57. The number of pyridine rings is 1. The van der Waals surface area contributed by atoms with Crippen LogP contribution in [0.1, 0.15) is 45.7 Å². The molecule has 0 fully saturated rings. The van der Waals surface area contributed by atoms with Gasteiger partial charge in [-0.15, -0.1) is 0 Å². The molecule has 0 aliphatic heterocycles. The first-order chi connectivity index (χ1) is 8.15. The molecule has 0 radical (unpaired) electrons.